The molecule has 1 heterocycles. The Kier molecular flexibility index (Phi) is 4.76. The van der Waals surface area contributed by atoms with Crippen molar-refractivity contribution in [1.29, 1.82) is 0 Å². The fourth-order valence-corrected chi connectivity index (χ4v) is 2.17. The number of H-pyrrole nitrogens is 1. The van der Waals surface area contributed by atoms with Gasteiger partial charge < -0.3 is 4.74 Å². The third-order valence-electron chi connectivity index (χ3n) is 2.87. The van der Waals surface area contributed by atoms with E-state index in [0.29, 0.717) is 24.3 Å². The molecule has 0 spiro atoms. The molecule has 2 rings (SSSR count). The Labute approximate surface area is 120 Å². The fraction of sp³-hybridized carbons (Fsp3) is 0.286. The second kappa shape index (κ2) is 6.54. The average Bonchev–Trinajstić information content (AvgIpc) is 2.43. The van der Waals surface area contributed by atoms with Crippen molar-refractivity contribution in [2.75, 3.05) is 13.2 Å². The fourth-order valence-electron chi connectivity index (χ4n) is 1.90. The van der Waals surface area contributed by atoms with Gasteiger partial charge in [-0.25, -0.2) is 4.79 Å². The molecule has 20 heavy (non-hydrogen) atoms. The van der Waals surface area contributed by atoms with Crippen LogP contribution in [0.2, 0.25) is 5.15 Å². The molecule has 1 aromatic carbocycles. The summed E-state index contributed by atoms with van der Waals surface area (Å²) in [6.45, 7) is 2.88. The maximum absolute atomic E-state index is 12.4. The predicted octanol–water partition coefficient (Wildman–Crippen LogP) is 1.89. The highest BCUT2D eigenvalue weighted by Gasteiger charge is 2.14. The van der Waals surface area contributed by atoms with E-state index in [2.05, 4.69) is 4.98 Å². The van der Waals surface area contributed by atoms with Gasteiger partial charge in [-0.3, -0.25) is 14.3 Å². The van der Waals surface area contributed by atoms with Gasteiger partial charge >= 0.3 is 5.69 Å². The number of hydrogen-bond donors (Lipinski definition) is 1. The SMILES string of the molecule is CCOCCn1c(=O)[nH]c(Cl)c(-c2ccccc2)c1=O. The molecule has 0 aliphatic carbocycles. The summed E-state index contributed by atoms with van der Waals surface area (Å²) in [7, 11) is 0. The lowest BCUT2D eigenvalue weighted by Crippen LogP contribution is -2.37. The highest BCUT2D eigenvalue weighted by Crippen LogP contribution is 2.20. The summed E-state index contributed by atoms with van der Waals surface area (Å²) in [5.41, 5.74) is 0.0244. The molecule has 0 amide bonds. The van der Waals surface area contributed by atoms with Crippen molar-refractivity contribution in [3.05, 3.63) is 56.3 Å². The zero-order chi connectivity index (χ0) is 14.5. The van der Waals surface area contributed by atoms with E-state index < -0.39 is 11.2 Å². The molecule has 2 aromatic rings. The van der Waals surface area contributed by atoms with Crippen LogP contribution in [0.5, 0.6) is 0 Å². The van der Waals surface area contributed by atoms with Crippen LogP contribution in [-0.2, 0) is 11.3 Å². The number of ether oxygens (including phenoxy) is 1. The number of aromatic nitrogens is 2. The number of nitrogens with one attached hydrogen (secondary N) is 1. The first-order chi connectivity index (χ1) is 9.65. The molecule has 0 fully saturated rings. The van der Waals surface area contributed by atoms with Crippen LogP contribution in [0.25, 0.3) is 11.1 Å². The Morgan fingerprint density at radius 1 is 1.25 bits per heavy atom. The van der Waals surface area contributed by atoms with Gasteiger partial charge in [-0.1, -0.05) is 41.9 Å². The molecule has 0 aliphatic rings. The van der Waals surface area contributed by atoms with Crippen LogP contribution in [0.1, 0.15) is 6.92 Å². The lowest BCUT2D eigenvalue weighted by molar-refractivity contribution is 0.137. The summed E-state index contributed by atoms with van der Waals surface area (Å²) in [5, 5.41) is 0.0545. The minimum Gasteiger partial charge on any atom is -0.380 e. The topological polar surface area (TPSA) is 64.1 Å². The lowest BCUT2D eigenvalue weighted by atomic mass is 10.1. The van der Waals surface area contributed by atoms with Crippen molar-refractivity contribution in [3.63, 3.8) is 0 Å². The Balaban J connectivity index is 2.51. The van der Waals surface area contributed by atoms with E-state index in [1.54, 1.807) is 24.3 Å². The summed E-state index contributed by atoms with van der Waals surface area (Å²) in [4.78, 5) is 26.7. The van der Waals surface area contributed by atoms with Crippen LogP contribution in [0.15, 0.2) is 39.9 Å². The highest BCUT2D eigenvalue weighted by molar-refractivity contribution is 6.32. The molecule has 0 saturated carbocycles. The molecular weight excluding hydrogens is 280 g/mol. The first-order valence-electron chi connectivity index (χ1n) is 6.31. The average molecular weight is 295 g/mol. The molecule has 0 atom stereocenters. The van der Waals surface area contributed by atoms with Gasteiger partial charge in [0, 0.05) is 6.61 Å². The van der Waals surface area contributed by atoms with Crippen LogP contribution in [0.3, 0.4) is 0 Å². The minimum absolute atomic E-state index is 0.0545. The Morgan fingerprint density at radius 3 is 2.60 bits per heavy atom. The smallest absolute Gasteiger partial charge is 0.329 e. The molecule has 0 radical (unpaired) electrons. The normalized spacial score (nSPS) is 10.7. The number of benzene rings is 1. The van der Waals surface area contributed by atoms with Crippen LogP contribution in [0.4, 0.5) is 0 Å². The summed E-state index contributed by atoms with van der Waals surface area (Å²) < 4.78 is 6.28. The molecule has 0 saturated heterocycles. The second-order valence-electron chi connectivity index (χ2n) is 4.14. The lowest BCUT2D eigenvalue weighted by Gasteiger charge is -2.09. The van der Waals surface area contributed by atoms with Crippen LogP contribution in [-0.4, -0.2) is 22.8 Å². The molecule has 0 bridgehead atoms. The molecule has 0 unspecified atom stereocenters. The van der Waals surface area contributed by atoms with E-state index in [1.807, 2.05) is 13.0 Å². The molecule has 1 aromatic heterocycles. The number of rotatable bonds is 5. The third-order valence-corrected chi connectivity index (χ3v) is 3.15. The second-order valence-corrected chi connectivity index (χ2v) is 4.52. The maximum atomic E-state index is 12.4. The van der Waals surface area contributed by atoms with Crippen LogP contribution >= 0.6 is 11.6 Å². The van der Waals surface area contributed by atoms with E-state index in [4.69, 9.17) is 16.3 Å². The van der Waals surface area contributed by atoms with E-state index in [0.717, 1.165) is 4.57 Å². The van der Waals surface area contributed by atoms with Crippen molar-refractivity contribution < 1.29 is 4.74 Å². The Hall–Kier alpha value is -1.85. The molecule has 106 valence electrons. The summed E-state index contributed by atoms with van der Waals surface area (Å²) >= 11 is 6.00. The van der Waals surface area contributed by atoms with Crippen molar-refractivity contribution in [3.8, 4) is 11.1 Å². The number of halogens is 1. The van der Waals surface area contributed by atoms with Crippen molar-refractivity contribution in [1.82, 2.24) is 9.55 Å². The summed E-state index contributed by atoms with van der Waals surface area (Å²) in [5.74, 6) is 0. The predicted molar refractivity (Wildman–Crippen MR) is 78.3 cm³/mol. The minimum atomic E-state index is -0.528. The first kappa shape index (κ1) is 14.6. The van der Waals surface area contributed by atoms with Crippen molar-refractivity contribution in [2.45, 2.75) is 13.5 Å². The van der Waals surface area contributed by atoms with Crippen LogP contribution < -0.4 is 11.2 Å². The van der Waals surface area contributed by atoms with Gasteiger partial charge in [-0.15, -0.1) is 0 Å². The van der Waals surface area contributed by atoms with Crippen molar-refractivity contribution >= 4 is 11.6 Å². The number of aromatic amines is 1. The highest BCUT2D eigenvalue weighted by atomic mass is 35.5. The summed E-state index contributed by atoms with van der Waals surface area (Å²) in [6, 6.07) is 9.00. The van der Waals surface area contributed by atoms with Gasteiger partial charge in [0.1, 0.15) is 5.15 Å². The van der Waals surface area contributed by atoms with E-state index >= 15 is 0 Å². The van der Waals surface area contributed by atoms with E-state index in [9.17, 15) is 9.59 Å². The third kappa shape index (κ3) is 3.00. The molecule has 1 N–H and O–H groups in total. The largest absolute Gasteiger partial charge is 0.380 e. The first-order valence-corrected chi connectivity index (χ1v) is 6.68. The van der Waals surface area contributed by atoms with E-state index in [-0.39, 0.29) is 11.7 Å². The monoisotopic (exact) mass is 294 g/mol. The zero-order valence-electron chi connectivity index (χ0n) is 11.1. The van der Waals surface area contributed by atoms with Gasteiger partial charge in [0.15, 0.2) is 0 Å². The molecule has 6 heteroatoms. The standard InChI is InChI=1S/C14H15ClN2O3/c1-2-20-9-8-17-13(18)11(12(15)16-14(17)19)10-6-4-3-5-7-10/h3-7H,2,8-9H2,1H3,(H,16,19). The molecule has 5 nitrogen and oxygen atoms in total. The maximum Gasteiger partial charge on any atom is 0.329 e. The van der Waals surface area contributed by atoms with Gasteiger partial charge in [0.25, 0.3) is 5.56 Å². The number of hydrogen-bond acceptors (Lipinski definition) is 3. The Bertz CT molecular complexity index is 692. The number of nitrogens with zero attached hydrogens (tertiary/aromatic N) is 1. The van der Waals surface area contributed by atoms with Gasteiger partial charge in [-0.05, 0) is 12.5 Å². The van der Waals surface area contributed by atoms with Gasteiger partial charge in [0.2, 0.25) is 0 Å². The van der Waals surface area contributed by atoms with Gasteiger partial charge in [-0.2, -0.15) is 0 Å². The van der Waals surface area contributed by atoms with Crippen LogP contribution in [0, 0.1) is 0 Å². The summed E-state index contributed by atoms with van der Waals surface area (Å²) in [6.07, 6.45) is 0. The molecule has 0 aliphatic heterocycles. The van der Waals surface area contributed by atoms with Gasteiger partial charge in [0.05, 0.1) is 18.7 Å². The van der Waals surface area contributed by atoms with E-state index in [1.165, 1.54) is 0 Å². The quantitative estimate of drug-likeness (QED) is 0.676. The zero-order valence-corrected chi connectivity index (χ0v) is 11.8. The van der Waals surface area contributed by atoms with Crippen molar-refractivity contribution in [2.24, 2.45) is 0 Å². The molecular formula is C14H15ClN2O3. The Morgan fingerprint density at radius 2 is 1.95 bits per heavy atom.